The summed E-state index contributed by atoms with van der Waals surface area (Å²) in [6, 6.07) is 26.8. The zero-order valence-electron chi connectivity index (χ0n) is 20.8. The lowest BCUT2D eigenvalue weighted by molar-refractivity contribution is -0.596. The summed E-state index contributed by atoms with van der Waals surface area (Å²) in [6.45, 7) is 4.44. The molecule has 0 saturated heterocycles. The molecule has 4 aromatic rings. The van der Waals surface area contributed by atoms with Crippen molar-refractivity contribution in [2.75, 3.05) is 0 Å². The third-order valence-corrected chi connectivity index (χ3v) is 5.13. The molecule has 204 valence electrons. The van der Waals surface area contributed by atoms with Crippen LogP contribution in [0.4, 0.5) is 25.9 Å². The number of para-hydroxylation sites is 2. The molecular formula is C26H23B2F8N3. The predicted octanol–water partition coefficient (Wildman–Crippen LogP) is 0.670. The SMILES string of the molecule is CC(C)c1ccccc1-[n+]1ccc(-c2cc[n+](-c3ccccc3C#N)cc2)cc1.FB(F)F.FB(F)F.[F-].[F-]. The van der Waals surface area contributed by atoms with Crippen molar-refractivity contribution in [1.82, 2.24) is 0 Å². The Balaban J connectivity index is 0.00000128. The summed E-state index contributed by atoms with van der Waals surface area (Å²) in [5, 5.41) is 9.32. The number of hydrogen-bond donors (Lipinski definition) is 0. The Labute approximate surface area is 222 Å². The van der Waals surface area contributed by atoms with Crippen molar-refractivity contribution in [2.24, 2.45) is 0 Å². The number of aromatic nitrogens is 2. The summed E-state index contributed by atoms with van der Waals surface area (Å²) in [7, 11) is -7.33. The maximum atomic E-state index is 9.67. The van der Waals surface area contributed by atoms with Crippen molar-refractivity contribution in [1.29, 1.82) is 5.26 Å². The molecule has 0 aliphatic heterocycles. The second-order valence-corrected chi connectivity index (χ2v) is 7.83. The van der Waals surface area contributed by atoms with E-state index in [1.54, 1.807) is 0 Å². The number of pyridine rings is 2. The van der Waals surface area contributed by atoms with Gasteiger partial charge in [-0.15, -0.1) is 0 Å². The van der Waals surface area contributed by atoms with Gasteiger partial charge in [-0.2, -0.15) is 14.4 Å². The molecule has 0 aliphatic carbocycles. The van der Waals surface area contributed by atoms with E-state index in [2.05, 4.69) is 85.4 Å². The summed E-state index contributed by atoms with van der Waals surface area (Å²) < 4.78 is 62.1. The molecule has 0 spiro atoms. The van der Waals surface area contributed by atoms with E-state index in [1.807, 2.05) is 41.2 Å². The number of nitriles is 1. The molecule has 0 bridgehead atoms. The molecule has 0 fully saturated rings. The van der Waals surface area contributed by atoms with Gasteiger partial charge in [0.1, 0.15) is 11.6 Å². The van der Waals surface area contributed by atoms with Gasteiger partial charge in [-0.25, -0.2) is 0 Å². The molecule has 0 atom stereocenters. The van der Waals surface area contributed by atoms with Crippen molar-refractivity contribution in [2.45, 2.75) is 19.8 Å². The Bertz CT molecular complexity index is 1290. The summed E-state index contributed by atoms with van der Waals surface area (Å²) in [4.78, 5) is 0. The van der Waals surface area contributed by atoms with Crippen LogP contribution in [-0.4, -0.2) is 15.1 Å². The Kier molecular flexibility index (Phi) is 15.5. The summed E-state index contributed by atoms with van der Waals surface area (Å²) >= 11 is 0. The van der Waals surface area contributed by atoms with Gasteiger partial charge in [0.25, 0.3) is 0 Å². The largest absolute Gasteiger partial charge is 1.00 e. The molecule has 0 aliphatic rings. The van der Waals surface area contributed by atoms with Crippen LogP contribution in [0.15, 0.2) is 97.6 Å². The van der Waals surface area contributed by atoms with Crippen LogP contribution in [0, 0.1) is 11.3 Å². The lowest BCUT2D eigenvalue weighted by Crippen LogP contribution is -3.00. The molecule has 2 aromatic heterocycles. The summed E-state index contributed by atoms with van der Waals surface area (Å²) in [5.74, 6) is 0.472. The molecule has 0 saturated carbocycles. The quantitative estimate of drug-likeness (QED) is 0.209. The molecule has 0 radical (unpaired) electrons. The lowest BCUT2D eigenvalue weighted by atomic mass is 10.0. The molecule has 4 rings (SSSR count). The third kappa shape index (κ3) is 11.0. The van der Waals surface area contributed by atoms with Crippen molar-refractivity contribution in [3.05, 3.63) is 109 Å². The van der Waals surface area contributed by atoms with E-state index in [-0.39, 0.29) is 9.41 Å². The van der Waals surface area contributed by atoms with Gasteiger partial charge in [0.15, 0.2) is 24.8 Å². The Morgan fingerprint density at radius 2 is 0.974 bits per heavy atom. The van der Waals surface area contributed by atoms with Crippen LogP contribution in [0.3, 0.4) is 0 Å². The highest BCUT2D eigenvalue weighted by molar-refractivity contribution is 6.33. The highest BCUT2D eigenvalue weighted by atomic mass is 19.4. The zero-order chi connectivity index (χ0) is 27.4. The molecule has 2 heterocycles. The minimum absolute atomic E-state index is 0. The van der Waals surface area contributed by atoms with Gasteiger partial charge in [0, 0.05) is 42.0 Å². The smallest absolute Gasteiger partial charge is 0.762 e. The van der Waals surface area contributed by atoms with Gasteiger partial charge in [0.2, 0.25) is 11.4 Å². The van der Waals surface area contributed by atoms with E-state index < -0.39 is 15.1 Å². The maximum Gasteiger partial charge on any atom is 0.762 e. The molecule has 0 amide bonds. The highest BCUT2D eigenvalue weighted by Crippen LogP contribution is 2.21. The van der Waals surface area contributed by atoms with Crippen LogP contribution < -0.4 is 18.5 Å². The molecule has 39 heavy (non-hydrogen) atoms. The standard InChI is InChI=1S/C26H23N3.2BF3.2FH/c1-20(2)24-8-4-6-10-26(24)29-17-13-22(14-18-29)21-11-15-28(16-12-21)25-9-5-3-7-23(25)19-27;2*2-1(3)4;;/h3-18,20H,1-2H3;;;2*1H/q+2;;;;/p-2. The first-order valence-electron chi connectivity index (χ1n) is 11.1. The van der Waals surface area contributed by atoms with Gasteiger partial charge in [-0.3, -0.25) is 25.9 Å². The van der Waals surface area contributed by atoms with Gasteiger partial charge in [0.05, 0.1) is 0 Å². The number of rotatable bonds is 4. The lowest BCUT2D eigenvalue weighted by Gasteiger charge is -2.08. The van der Waals surface area contributed by atoms with E-state index in [1.165, 1.54) is 11.3 Å². The fourth-order valence-electron chi connectivity index (χ4n) is 3.56. The van der Waals surface area contributed by atoms with Gasteiger partial charge >= 0.3 is 15.1 Å². The molecule has 2 aromatic carbocycles. The van der Waals surface area contributed by atoms with Crippen molar-refractivity contribution in [3.63, 3.8) is 0 Å². The Morgan fingerprint density at radius 3 is 1.38 bits per heavy atom. The van der Waals surface area contributed by atoms with Gasteiger partial charge < -0.3 is 9.41 Å². The van der Waals surface area contributed by atoms with Crippen LogP contribution in [0.5, 0.6) is 0 Å². The average molecular weight is 551 g/mol. The van der Waals surface area contributed by atoms with Crippen molar-refractivity contribution >= 4 is 15.1 Å². The average Bonchev–Trinajstić information content (AvgIpc) is 2.88. The normalized spacial score (nSPS) is 9.33. The van der Waals surface area contributed by atoms with Crippen LogP contribution >= 0.6 is 0 Å². The third-order valence-electron chi connectivity index (χ3n) is 5.13. The first kappa shape index (κ1) is 34.8. The number of halogens is 8. The summed E-state index contributed by atoms with van der Waals surface area (Å²) in [6.07, 6.45) is 8.23. The second-order valence-electron chi connectivity index (χ2n) is 7.83. The van der Waals surface area contributed by atoms with Crippen LogP contribution in [0.25, 0.3) is 22.5 Å². The van der Waals surface area contributed by atoms with E-state index >= 15 is 0 Å². The first-order valence-corrected chi connectivity index (χ1v) is 11.1. The second kappa shape index (κ2) is 17.3. The predicted molar refractivity (Wildman–Crippen MR) is 132 cm³/mol. The molecule has 13 heteroatoms. The number of benzene rings is 2. The first-order chi connectivity index (χ1) is 17.6. The van der Waals surface area contributed by atoms with E-state index in [9.17, 15) is 31.2 Å². The van der Waals surface area contributed by atoms with Gasteiger partial charge in [-0.1, -0.05) is 44.2 Å². The molecule has 0 N–H and O–H groups in total. The van der Waals surface area contributed by atoms with Gasteiger partial charge in [-0.05, 0) is 23.1 Å². The van der Waals surface area contributed by atoms with Crippen LogP contribution in [0.2, 0.25) is 0 Å². The number of hydrogen-bond acceptors (Lipinski definition) is 1. The van der Waals surface area contributed by atoms with Crippen LogP contribution in [0.1, 0.15) is 30.9 Å². The minimum atomic E-state index is -3.67. The topological polar surface area (TPSA) is 31.5 Å². The Morgan fingerprint density at radius 1 is 0.615 bits per heavy atom. The van der Waals surface area contributed by atoms with Crippen molar-refractivity contribution in [3.8, 4) is 28.6 Å². The monoisotopic (exact) mass is 551 g/mol. The molecule has 0 unspecified atom stereocenters. The van der Waals surface area contributed by atoms with Crippen molar-refractivity contribution < 1.29 is 44.4 Å². The van der Waals surface area contributed by atoms with E-state index in [0.29, 0.717) is 11.5 Å². The fourth-order valence-corrected chi connectivity index (χ4v) is 3.56. The zero-order valence-corrected chi connectivity index (χ0v) is 20.8. The number of nitrogens with zero attached hydrogens (tertiary/aromatic N) is 3. The Hall–Kier alpha value is -4.20. The summed E-state index contributed by atoms with van der Waals surface area (Å²) in [5.41, 5.74) is 6.40. The minimum Gasteiger partial charge on any atom is -1.00 e. The van der Waals surface area contributed by atoms with E-state index in [0.717, 1.165) is 16.8 Å². The highest BCUT2D eigenvalue weighted by Gasteiger charge is 2.15. The van der Waals surface area contributed by atoms with Crippen LogP contribution in [-0.2, 0) is 0 Å². The molecular weight excluding hydrogens is 528 g/mol. The fraction of sp³-hybridized carbons (Fsp3) is 0.115. The van der Waals surface area contributed by atoms with E-state index in [4.69, 9.17) is 0 Å². The molecule has 3 nitrogen and oxygen atoms in total. The maximum absolute atomic E-state index is 9.67.